The van der Waals surface area contributed by atoms with Crippen LogP contribution in [0, 0.1) is 5.82 Å². The van der Waals surface area contributed by atoms with E-state index < -0.39 is 11.9 Å². The molecule has 1 amide bonds. The molecule has 1 unspecified atom stereocenters. The van der Waals surface area contributed by atoms with Crippen LogP contribution in [0.15, 0.2) is 12.1 Å². The van der Waals surface area contributed by atoms with E-state index in [1.54, 1.807) is 6.92 Å². The molecule has 20 heavy (non-hydrogen) atoms. The standard InChI is InChI=1S/C13H19FN2O4/c1-8(7-19-3)20-12-9(6-16(2)13(17)18)4-10(15)5-11(12)14/h4-5,8H,6-7,15H2,1-3H3,(H,17,18). The minimum atomic E-state index is -1.12. The van der Waals surface area contributed by atoms with Crippen molar-refractivity contribution in [3.8, 4) is 5.75 Å². The Kier molecular flexibility index (Phi) is 5.57. The molecule has 0 aliphatic rings. The molecule has 1 rings (SSSR count). The number of anilines is 1. The van der Waals surface area contributed by atoms with Gasteiger partial charge in [-0.15, -0.1) is 0 Å². The van der Waals surface area contributed by atoms with Gasteiger partial charge in [0.15, 0.2) is 11.6 Å². The second-order valence-corrected chi connectivity index (χ2v) is 4.51. The van der Waals surface area contributed by atoms with E-state index >= 15 is 0 Å². The van der Waals surface area contributed by atoms with Crippen LogP contribution in [0.1, 0.15) is 12.5 Å². The number of benzene rings is 1. The van der Waals surface area contributed by atoms with Gasteiger partial charge in [-0.05, 0) is 13.0 Å². The van der Waals surface area contributed by atoms with Crippen molar-refractivity contribution in [1.29, 1.82) is 0 Å². The van der Waals surface area contributed by atoms with Crippen LogP contribution in [0.2, 0.25) is 0 Å². The highest BCUT2D eigenvalue weighted by molar-refractivity contribution is 5.65. The Labute approximate surface area is 116 Å². The molecule has 112 valence electrons. The first-order chi connectivity index (χ1) is 9.35. The van der Waals surface area contributed by atoms with Gasteiger partial charge in [0.2, 0.25) is 0 Å². The fraction of sp³-hybridized carbons (Fsp3) is 0.462. The molecule has 0 spiro atoms. The molecule has 0 fully saturated rings. The van der Waals surface area contributed by atoms with Gasteiger partial charge in [-0.1, -0.05) is 0 Å². The molecule has 0 heterocycles. The van der Waals surface area contributed by atoms with Crippen LogP contribution in [0.5, 0.6) is 5.75 Å². The number of nitrogens with two attached hydrogens (primary N) is 1. The Morgan fingerprint density at radius 3 is 2.75 bits per heavy atom. The SMILES string of the molecule is COCC(C)Oc1c(F)cc(N)cc1CN(C)C(=O)O. The number of hydrogen-bond donors (Lipinski definition) is 2. The zero-order valence-corrected chi connectivity index (χ0v) is 11.7. The van der Waals surface area contributed by atoms with Crippen LogP contribution in [0.25, 0.3) is 0 Å². The van der Waals surface area contributed by atoms with E-state index in [4.69, 9.17) is 20.3 Å². The van der Waals surface area contributed by atoms with Crippen LogP contribution >= 0.6 is 0 Å². The zero-order chi connectivity index (χ0) is 15.3. The maximum atomic E-state index is 14.0. The molecule has 1 aromatic carbocycles. The second-order valence-electron chi connectivity index (χ2n) is 4.51. The Balaban J connectivity index is 3.04. The van der Waals surface area contributed by atoms with E-state index in [0.717, 1.165) is 11.0 Å². The van der Waals surface area contributed by atoms with Gasteiger partial charge < -0.3 is 25.2 Å². The Morgan fingerprint density at radius 1 is 1.55 bits per heavy atom. The first-order valence-electron chi connectivity index (χ1n) is 6.02. The maximum absolute atomic E-state index is 14.0. The number of amides is 1. The number of carboxylic acid groups (broad SMARTS) is 1. The molecule has 7 heteroatoms. The predicted octanol–water partition coefficient (Wildman–Crippen LogP) is 1.93. The summed E-state index contributed by atoms with van der Waals surface area (Å²) in [6.45, 7) is 1.99. The van der Waals surface area contributed by atoms with Gasteiger partial charge in [0, 0.05) is 31.5 Å². The number of rotatable bonds is 6. The molecule has 6 nitrogen and oxygen atoms in total. The van der Waals surface area contributed by atoms with Crippen molar-refractivity contribution in [3.63, 3.8) is 0 Å². The molecule has 0 aromatic heterocycles. The topological polar surface area (TPSA) is 85.0 Å². The highest BCUT2D eigenvalue weighted by Gasteiger charge is 2.17. The fourth-order valence-corrected chi connectivity index (χ4v) is 1.72. The van der Waals surface area contributed by atoms with Crippen LogP contribution in [0.4, 0.5) is 14.9 Å². The third-order valence-electron chi connectivity index (χ3n) is 2.60. The van der Waals surface area contributed by atoms with Crippen molar-refractivity contribution in [3.05, 3.63) is 23.5 Å². The smallest absolute Gasteiger partial charge is 0.407 e. The van der Waals surface area contributed by atoms with Gasteiger partial charge in [0.1, 0.15) is 6.10 Å². The van der Waals surface area contributed by atoms with Crippen molar-refractivity contribution >= 4 is 11.8 Å². The predicted molar refractivity (Wildman–Crippen MR) is 72.3 cm³/mol. The summed E-state index contributed by atoms with van der Waals surface area (Å²) >= 11 is 0. The number of nitrogens with zero attached hydrogens (tertiary/aromatic N) is 1. The van der Waals surface area contributed by atoms with Gasteiger partial charge >= 0.3 is 6.09 Å². The Bertz CT molecular complexity index is 482. The maximum Gasteiger partial charge on any atom is 0.407 e. The van der Waals surface area contributed by atoms with Gasteiger partial charge in [-0.3, -0.25) is 0 Å². The first-order valence-corrected chi connectivity index (χ1v) is 6.02. The van der Waals surface area contributed by atoms with Gasteiger partial charge in [-0.2, -0.15) is 0 Å². The Morgan fingerprint density at radius 2 is 2.20 bits per heavy atom. The molecule has 0 aliphatic heterocycles. The van der Waals surface area contributed by atoms with Crippen molar-refractivity contribution in [1.82, 2.24) is 4.90 Å². The molecule has 0 saturated heterocycles. The highest BCUT2D eigenvalue weighted by atomic mass is 19.1. The Hall–Kier alpha value is -2.02. The van der Waals surface area contributed by atoms with Gasteiger partial charge in [0.05, 0.1) is 13.2 Å². The minimum absolute atomic E-state index is 0.00292. The van der Waals surface area contributed by atoms with Crippen molar-refractivity contribution in [2.45, 2.75) is 19.6 Å². The highest BCUT2D eigenvalue weighted by Crippen LogP contribution is 2.28. The lowest BCUT2D eigenvalue weighted by Crippen LogP contribution is -2.25. The number of ether oxygens (including phenoxy) is 2. The summed E-state index contributed by atoms with van der Waals surface area (Å²) in [6.07, 6.45) is -1.49. The lowest BCUT2D eigenvalue weighted by molar-refractivity contribution is 0.0878. The van der Waals surface area contributed by atoms with Gasteiger partial charge in [0.25, 0.3) is 0 Å². The lowest BCUT2D eigenvalue weighted by atomic mass is 10.1. The molecular weight excluding hydrogens is 267 g/mol. The van der Waals surface area contributed by atoms with Crippen LogP contribution < -0.4 is 10.5 Å². The number of carbonyl (C=O) groups is 1. The quantitative estimate of drug-likeness (QED) is 0.780. The number of methoxy groups -OCH3 is 1. The number of hydrogen-bond acceptors (Lipinski definition) is 4. The zero-order valence-electron chi connectivity index (χ0n) is 11.7. The van der Waals surface area contributed by atoms with Crippen LogP contribution in [-0.4, -0.2) is 43.0 Å². The summed E-state index contributed by atoms with van der Waals surface area (Å²) in [6, 6.07) is 2.64. The normalized spacial score (nSPS) is 12.0. The average Bonchev–Trinajstić information content (AvgIpc) is 2.33. The van der Waals surface area contributed by atoms with E-state index in [1.807, 2.05) is 0 Å². The summed E-state index contributed by atoms with van der Waals surface area (Å²) < 4.78 is 24.4. The molecule has 1 atom stereocenters. The molecule has 0 bridgehead atoms. The molecular formula is C13H19FN2O4. The summed E-state index contributed by atoms with van der Waals surface area (Å²) in [5, 5.41) is 8.88. The average molecular weight is 286 g/mol. The minimum Gasteiger partial charge on any atom is -0.485 e. The lowest BCUT2D eigenvalue weighted by Gasteiger charge is -2.20. The molecule has 0 radical (unpaired) electrons. The van der Waals surface area contributed by atoms with E-state index in [0.29, 0.717) is 5.56 Å². The van der Waals surface area contributed by atoms with Crippen molar-refractivity contribution in [2.24, 2.45) is 0 Å². The molecule has 3 N–H and O–H groups in total. The molecule has 0 aliphatic carbocycles. The first kappa shape index (κ1) is 16.0. The van der Waals surface area contributed by atoms with E-state index in [1.165, 1.54) is 20.2 Å². The van der Waals surface area contributed by atoms with Crippen molar-refractivity contribution in [2.75, 3.05) is 26.5 Å². The van der Waals surface area contributed by atoms with E-state index in [9.17, 15) is 9.18 Å². The van der Waals surface area contributed by atoms with E-state index in [-0.39, 0.29) is 30.7 Å². The third kappa shape index (κ3) is 4.27. The summed E-state index contributed by atoms with van der Waals surface area (Å²) in [4.78, 5) is 11.9. The summed E-state index contributed by atoms with van der Waals surface area (Å²) in [5.74, 6) is -0.626. The van der Waals surface area contributed by atoms with Crippen LogP contribution in [-0.2, 0) is 11.3 Å². The third-order valence-corrected chi connectivity index (χ3v) is 2.60. The molecule has 0 saturated carbocycles. The van der Waals surface area contributed by atoms with Gasteiger partial charge in [-0.25, -0.2) is 9.18 Å². The number of nitrogen functional groups attached to an aromatic ring is 1. The monoisotopic (exact) mass is 286 g/mol. The van der Waals surface area contributed by atoms with Crippen molar-refractivity contribution < 1.29 is 23.8 Å². The largest absolute Gasteiger partial charge is 0.485 e. The second kappa shape index (κ2) is 6.95. The van der Waals surface area contributed by atoms with Crippen LogP contribution in [0.3, 0.4) is 0 Å². The number of halogens is 1. The summed E-state index contributed by atoms with van der Waals surface area (Å²) in [7, 11) is 2.89. The van der Waals surface area contributed by atoms with E-state index in [2.05, 4.69) is 0 Å². The fourth-order valence-electron chi connectivity index (χ4n) is 1.72. The summed E-state index contributed by atoms with van der Waals surface area (Å²) in [5.41, 5.74) is 6.17. The molecule has 1 aromatic rings.